The summed E-state index contributed by atoms with van der Waals surface area (Å²) in [5.41, 5.74) is 5.48. The summed E-state index contributed by atoms with van der Waals surface area (Å²) in [6.45, 7) is 1.42. The van der Waals surface area contributed by atoms with Gasteiger partial charge in [0.25, 0.3) is 40.4 Å². The van der Waals surface area contributed by atoms with Crippen LogP contribution in [-0.2, 0) is 40.4 Å². The summed E-state index contributed by atoms with van der Waals surface area (Å²) < 4.78 is 128. The standard InChI is InChI=1S/C17H16N2O11S4/c1-9-6-10(18)2-4-14(9)31(20,21)19-13-3-5-15(33(25,26)27)12-7-11(32(22,23)24)8-16(17(12)13)34(28,29)30/h2-8,19H,18H2,1H3,(H,22,23,24)(H,25,26,27)(H,28,29,30). The minimum atomic E-state index is -5.33. The Hall–Kier alpha value is -2.80. The van der Waals surface area contributed by atoms with Gasteiger partial charge in [0, 0.05) is 16.5 Å². The second-order valence-electron chi connectivity index (χ2n) is 7.01. The maximum atomic E-state index is 13.0. The van der Waals surface area contributed by atoms with E-state index in [-0.39, 0.29) is 16.1 Å². The number of hydrogen-bond acceptors (Lipinski definition) is 9. The van der Waals surface area contributed by atoms with Gasteiger partial charge in [-0.25, -0.2) is 8.42 Å². The molecular formula is C17H16N2O11S4. The van der Waals surface area contributed by atoms with Crippen molar-refractivity contribution < 1.29 is 47.3 Å². The van der Waals surface area contributed by atoms with Crippen molar-refractivity contribution in [3.63, 3.8) is 0 Å². The molecule has 0 radical (unpaired) electrons. The minimum absolute atomic E-state index is 0.204. The Labute approximate surface area is 194 Å². The first kappa shape index (κ1) is 25.8. The van der Waals surface area contributed by atoms with Gasteiger partial charge in [-0.1, -0.05) is 0 Å². The van der Waals surface area contributed by atoms with Crippen molar-refractivity contribution in [1.82, 2.24) is 0 Å². The van der Waals surface area contributed by atoms with Crippen LogP contribution in [0.25, 0.3) is 10.8 Å². The fourth-order valence-electron chi connectivity index (χ4n) is 3.23. The lowest BCUT2D eigenvalue weighted by atomic mass is 10.1. The molecule has 3 rings (SSSR count). The van der Waals surface area contributed by atoms with Crippen LogP contribution in [0.2, 0.25) is 0 Å². The number of nitrogens with two attached hydrogens (primary N) is 1. The Morgan fingerprint density at radius 3 is 1.76 bits per heavy atom. The van der Waals surface area contributed by atoms with Crippen molar-refractivity contribution >= 4 is 62.5 Å². The smallest absolute Gasteiger partial charge is 0.295 e. The van der Waals surface area contributed by atoms with Crippen LogP contribution in [0, 0.1) is 6.92 Å². The van der Waals surface area contributed by atoms with Gasteiger partial charge in [-0.3, -0.25) is 18.4 Å². The van der Waals surface area contributed by atoms with E-state index in [0.29, 0.717) is 18.2 Å². The molecular weight excluding hydrogens is 536 g/mol. The molecule has 34 heavy (non-hydrogen) atoms. The van der Waals surface area contributed by atoms with Crippen LogP contribution in [0.5, 0.6) is 0 Å². The Morgan fingerprint density at radius 1 is 0.706 bits per heavy atom. The summed E-state index contributed by atoms with van der Waals surface area (Å²) in [4.78, 5) is -3.71. The van der Waals surface area contributed by atoms with Crippen LogP contribution in [0.4, 0.5) is 11.4 Å². The quantitative estimate of drug-likeness (QED) is 0.215. The molecule has 0 unspecified atom stereocenters. The summed E-state index contributed by atoms with van der Waals surface area (Å²) >= 11 is 0. The number of fused-ring (bicyclic) bond motifs is 1. The molecule has 0 heterocycles. The molecule has 0 fully saturated rings. The van der Waals surface area contributed by atoms with Crippen molar-refractivity contribution in [2.75, 3.05) is 10.5 Å². The maximum Gasteiger partial charge on any atom is 0.295 e. The zero-order valence-electron chi connectivity index (χ0n) is 16.9. The molecule has 13 nitrogen and oxygen atoms in total. The van der Waals surface area contributed by atoms with Gasteiger partial charge in [0.2, 0.25) is 0 Å². The van der Waals surface area contributed by atoms with Gasteiger partial charge in [0.15, 0.2) is 0 Å². The zero-order valence-corrected chi connectivity index (χ0v) is 20.1. The molecule has 0 aliphatic carbocycles. The van der Waals surface area contributed by atoms with Crippen LogP contribution < -0.4 is 10.5 Å². The Morgan fingerprint density at radius 2 is 1.26 bits per heavy atom. The lowest BCUT2D eigenvalue weighted by molar-refractivity contribution is 0.478. The second kappa shape index (κ2) is 8.15. The van der Waals surface area contributed by atoms with Crippen molar-refractivity contribution in [2.24, 2.45) is 0 Å². The van der Waals surface area contributed by atoms with Crippen LogP contribution in [-0.4, -0.2) is 47.3 Å². The highest BCUT2D eigenvalue weighted by molar-refractivity contribution is 7.92. The van der Waals surface area contributed by atoms with Crippen LogP contribution >= 0.6 is 0 Å². The molecule has 3 aromatic carbocycles. The van der Waals surface area contributed by atoms with Crippen LogP contribution in [0.15, 0.2) is 62.0 Å². The Balaban J connectivity index is 2.48. The van der Waals surface area contributed by atoms with Crippen LogP contribution in [0.3, 0.4) is 0 Å². The normalized spacial score (nSPS) is 13.2. The van der Waals surface area contributed by atoms with Gasteiger partial charge < -0.3 is 5.73 Å². The first-order valence-electron chi connectivity index (χ1n) is 8.74. The summed E-state index contributed by atoms with van der Waals surface area (Å²) in [5.74, 6) is 0. The highest BCUT2D eigenvalue weighted by Gasteiger charge is 2.28. The minimum Gasteiger partial charge on any atom is -0.399 e. The molecule has 17 heteroatoms. The van der Waals surface area contributed by atoms with Crippen molar-refractivity contribution in [2.45, 2.75) is 26.5 Å². The monoisotopic (exact) mass is 552 g/mol. The van der Waals surface area contributed by atoms with E-state index in [4.69, 9.17) is 5.73 Å². The largest absolute Gasteiger partial charge is 0.399 e. The lowest BCUT2D eigenvalue weighted by Gasteiger charge is -2.16. The molecule has 184 valence electrons. The number of nitrogen functional groups attached to an aromatic ring is 1. The predicted molar refractivity (Wildman–Crippen MR) is 120 cm³/mol. The topological polar surface area (TPSA) is 235 Å². The molecule has 3 aromatic rings. The molecule has 0 saturated heterocycles. The fraction of sp³-hybridized carbons (Fsp3) is 0.0588. The third-order valence-electron chi connectivity index (χ3n) is 4.60. The van der Waals surface area contributed by atoms with Gasteiger partial charge >= 0.3 is 0 Å². The third-order valence-corrected chi connectivity index (χ3v) is 8.75. The van der Waals surface area contributed by atoms with Crippen molar-refractivity contribution in [3.8, 4) is 0 Å². The van der Waals surface area contributed by atoms with E-state index in [1.165, 1.54) is 19.1 Å². The average Bonchev–Trinajstić information content (AvgIpc) is 2.64. The van der Waals surface area contributed by atoms with Crippen molar-refractivity contribution in [1.29, 1.82) is 0 Å². The number of aryl methyl sites for hydroxylation is 1. The second-order valence-corrected chi connectivity index (χ2v) is 12.9. The molecule has 0 aliphatic rings. The molecule has 0 aromatic heterocycles. The highest BCUT2D eigenvalue weighted by Crippen LogP contribution is 2.37. The third kappa shape index (κ3) is 4.99. The molecule has 0 bridgehead atoms. The molecule has 0 saturated carbocycles. The molecule has 0 amide bonds. The first-order chi connectivity index (χ1) is 15.3. The van der Waals surface area contributed by atoms with E-state index in [2.05, 4.69) is 4.72 Å². The average molecular weight is 553 g/mol. The van der Waals surface area contributed by atoms with Crippen LogP contribution in [0.1, 0.15) is 5.56 Å². The number of rotatable bonds is 6. The van der Waals surface area contributed by atoms with E-state index in [0.717, 1.165) is 12.1 Å². The number of hydrogen-bond donors (Lipinski definition) is 5. The predicted octanol–water partition coefficient (Wildman–Crippen LogP) is 1.27. The fourth-order valence-corrected chi connectivity index (χ4v) is 6.57. The number of benzene rings is 3. The zero-order chi connectivity index (χ0) is 25.9. The summed E-state index contributed by atoms with van der Waals surface area (Å²) in [6.07, 6.45) is 0. The molecule has 0 atom stereocenters. The summed E-state index contributed by atoms with van der Waals surface area (Å²) in [5, 5.41) is -1.61. The number of anilines is 2. The highest BCUT2D eigenvalue weighted by atomic mass is 32.2. The van der Waals surface area contributed by atoms with Gasteiger partial charge in [-0.2, -0.15) is 25.3 Å². The maximum absolute atomic E-state index is 13.0. The van der Waals surface area contributed by atoms with Crippen molar-refractivity contribution in [3.05, 3.63) is 48.0 Å². The summed E-state index contributed by atoms with van der Waals surface area (Å²) in [6, 6.07) is 6.03. The SMILES string of the molecule is Cc1cc(N)ccc1S(=O)(=O)Nc1ccc(S(=O)(=O)O)c2cc(S(=O)(=O)O)cc(S(=O)(=O)O)c12. The van der Waals surface area contributed by atoms with E-state index in [9.17, 15) is 47.3 Å². The Bertz CT molecular complexity index is 1780. The number of nitrogens with one attached hydrogen (secondary N) is 1. The van der Waals surface area contributed by atoms with Gasteiger partial charge in [0.05, 0.1) is 15.5 Å². The first-order valence-corrected chi connectivity index (χ1v) is 14.5. The summed E-state index contributed by atoms with van der Waals surface area (Å²) in [7, 11) is -20.1. The van der Waals surface area contributed by atoms with E-state index in [1.54, 1.807) is 0 Å². The molecule has 0 spiro atoms. The van der Waals surface area contributed by atoms with E-state index < -0.39 is 71.5 Å². The van der Waals surface area contributed by atoms with E-state index in [1.807, 2.05) is 0 Å². The van der Waals surface area contributed by atoms with E-state index >= 15 is 0 Å². The molecule has 0 aliphatic heterocycles. The number of sulfonamides is 1. The van der Waals surface area contributed by atoms with Gasteiger partial charge in [-0.15, -0.1) is 0 Å². The van der Waals surface area contributed by atoms with Gasteiger partial charge in [0.1, 0.15) is 9.79 Å². The Kier molecular flexibility index (Phi) is 6.19. The van der Waals surface area contributed by atoms with Gasteiger partial charge in [-0.05, 0) is 55.0 Å². The lowest BCUT2D eigenvalue weighted by Crippen LogP contribution is -2.16. The molecule has 6 N–H and O–H groups in total.